The lowest BCUT2D eigenvalue weighted by atomic mass is 9.82. The first-order valence-electron chi connectivity index (χ1n) is 12.0. The minimum absolute atomic E-state index is 0.197. The number of carbonyl (C=O) groups is 2. The molecule has 162 valence electrons. The van der Waals surface area contributed by atoms with Crippen LogP contribution in [0.2, 0.25) is 0 Å². The van der Waals surface area contributed by atoms with Crippen molar-refractivity contribution >= 4 is 33.1 Å². The third-order valence-corrected chi connectivity index (χ3v) is 7.55. The molecule has 0 aromatic heterocycles. The average molecular weight is 439 g/mol. The minimum atomic E-state index is 0.197. The maximum atomic E-state index is 13.3. The van der Waals surface area contributed by atoms with Gasteiger partial charge in [0, 0.05) is 24.0 Å². The van der Waals surface area contributed by atoms with Gasteiger partial charge in [0.2, 0.25) is 0 Å². The molecule has 0 aliphatic heterocycles. The van der Waals surface area contributed by atoms with Crippen molar-refractivity contribution < 1.29 is 9.59 Å². The van der Waals surface area contributed by atoms with Gasteiger partial charge in [0.05, 0.1) is 0 Å². The monoisotopic (exact) mass is 438 g/mol. The lowest BCUT2D eigenvalue weighted by molar-refractivity contribution is 0.0986. The number of rotatable bonds is 2. The molecule has 34 heavy (non-hydrogen) atoms. The Morgan fingerprint density at radius 1 is 0.412 bits per heavy atom. The quantitative estimate of drug-likeness (QED) is 0.285. The molecule has 7 rings (SSSR count). The number of hydrogen-bond acceptors (Lipinski definition) is 2. The zero-order valence-corrected chi connectivity index (χ0v) is 18.7. The van der Waals surface area contributed by atoms with Crippen molar-refractivity contribution in [1.29, 1.82) is 0 Å². The third kappa shape index (κ3) is 2.75. The second kappa shape index (κ2) is 7.23. The van der Waals surface area contributed by atoms with Crippen LogP contribution >= 0.6 is 0 Å². The summed E-state index contributed by atoms with van der Waals surface area (Å²) in [5.41, 5.74) is 7.86. The van der Waals surface area contributed by atoms with E-state index in [2.05, 4.69) is 60.7 Å². The Balaban J connectivity index is 1.56. The van der Waals surface area contributed by atoms with Gasteiger partial charge >= 0.3 is 0 Å². The second-order valence-electron chi connectivity index (χ2n) is 9.43. The van der Waals surface area contributed by atoms with Gasteiger partial charge in [0.25, 0.3) is 0 Å². The predicted molar refractivity (Wildman–Crippen MR) is 138 cm³/mol. The predicted octanol–water partition coefficient (Wildman–Crippen LogP) is 7.58. The zero-order valence-electron chi connectivity index (χ0n) is 18.7. The largest absolute Gasteiger partial charge is 0.294 e. The van der Waals surface area contributed by atoms with Crippen LogP contribution in [-0.4, -0.2) is 11.6 Å². The lowest BCUT2D eigenvalue weighted by Gasteiger charge is -2.20. The van der Waals surface area contributed by atoms with Crippen molar-refractivity contribution in [3.63, 3.8) is 0 Å². The molecule has 0 saturated heterocycles. The summed E-state index contributed by atoms with van der Waals surface area (Å²) in [5, 5.41) is 4.65. The Kier molecular flexibility index (Phi) is 4.13. The van der Waals surface area contributed by atoms with Crippen LogP contribution in [0.1, 0.15) is 44.7 Å². The Morgan fingerprint density at radius 3 is 1.26 bits per heavy atom. The summed E-state index contributed by atoms with van der Waals surface area (Å²) in [6.07, 6.45) is 2.40. The molecule has 2 nitrogen and oxygen atoms in total. The number of hydrogen-bond donors (Lipinski definition) is 0. The molecule has 5 aromatic carbocycles. The zero-order chi connectivity index (χ0) is 22.8. The normalized spacial score (nSPS) is 14.7. The summed E-state index contributed by atoms with van der Waals surface area (Å²) in [4.78, 5) is 26.6. The molecular weight excluding hydrogens is 416 g/mol. The fraction of sp³-hybridized carbons (Fsp3) is 0.125. The molecule has 5 aromatic rings. The molecule has 0 radical (unpaired) electrons. The summed E-state index contributed by atoms with van der Waals surface area (Å²) < 4.78 is 0. The number of carbonyl (C=O) groups excluding carboxylic acids is 2. The first-order chi connectivity index (χ1) is 16.7. The molecule has 0 saturated carbocycles. The number of Topliss-reactive ketones (excluding diaryl/α,β-unsaturated/α-hetero) is 2. The molecule has 0 heterocycles. The van der Waals surface area contributed by atoms with Crippen molar-refractivity contribution in [1.82, 2.24) is 0 Å². The molecule has 0 unspecified atom stereocenters. The first-order valence-corrected chi connectivity index (χ1v) is 12.0. The van der Waals surface area contributed by atoms with Gasteiger partial charge in [-0.2, -0.15) is 0 Å². The summed E-state index contributed by atoms with van der Waals surface area (Å²) in [6.45, 7) is 0. The number of ketones is 2. The van der Waals surface area contributed by atoms with Gasteiger partial charge in [-0.1, -0.05) is 72.8 Å². The van der Waals surface area contributed by atoms with Crippen molar-refractivity contribution in [2.24, 2.45) is 0 Å². The van der Waals surface area contributed by atoms with Crippen LogP contribution < -0.4 is 0 Å². The van der Waals surface area contributed by atoms with Crippen molar-refractivity contribution in [3.8, 4) is 22.3 Å². The highest BCUT2D eigenvalue weighted by Crippen LogP contribution is 2.47. The van der Waals surface area contributed by atoms with Gasteiger partial charge in [-0.3, -0.25) is 9.59 Å². The minimum Gasteiger partial charge on any atom is -0.294 e. The highest BCUT2D eigenvalue weighted by atomic mass is 16.1. The van der Waals surface area contributed by atoms with E-state index >= 15 is 0 Å². The van der Waals surface area contributed by atoms with Crippen LogP contribution in [0, 0.1) is 0 Å². The van der Waals surface area contributed by atoms with E-state index in [0.717, 1.165) is 55.3 Å². The van der Waals surface area contributed by atoms with E-state index in [4.69, 9.17) is 0 Å². The fourth-order valence-corrected chi connectivity index (χ4v) is 6.02. The molecule has 0 bridgehead atoms. The summed E-state index contributed by atoms with van der Waals surface area (Å²) in [6, 6.07) is 29.4. The smallest absolute Gasteiger partial charge is 0.164 e. The SMILES string of the molecule is O=C1CCc2c1c(-c1ccc3ccccc3c1)c1c(c2-c2ccc3ccccc3c2)C(=O)CC1. The van der Waals surface area contributed by atoms with Crippen LogP contribution in [0.3, 0.4) is 0 Å². The first kappa shape index (κ1) is 19.4. The highest BCUT2D eigenvalue weighted by Gasteiger charge is 2.36. The summed E-state index contributed by atoms with van der Waals surface area (Å²) >= 11 is 0. The molecular formula is C32H22O2. The molecule has 2 heteroatoms. The molecule has 0 N–H and O–H groups in total. The van der Waals surface area contributed by atoms with Gasteiger partial charge in [0.15, 0.2) is 11.6 Å². The van der Waals surface area contributed by atoms with Gasteiger partial charge in [-0.15, -0.1) is 0 Å². The van der Waals surface area contributed by atoms with E-state index in [1.54, 1.807) is 0 Å². The lowest BCUT2D eigenvalue weighted by Crippen LogP contribution is -2.06. The van der Waals surface area contributed by atoms with Crippen LogP contribution in [0.25, 0.3) is 43.8 Å². The number of fused-ring (bicyclic) bond motifs is 4. The van der Waals surface area contributed by atoms with Crippen LogP contribution in [0.15, 0.2) is 84.9 Å². The maximum Gasteiger partial charge on any atom is 0.164 e. The Labute approximate surface area is 197 Å². The van der Waals surface area contributed by atoms with E-state index in [1.807, 2.05) is 24.3 Å². The number of benzene rings is 5. The van der Waals surface area contributed by atoms with E-state index in [9.17, 15) is 9.59 Å². The van der Waals surface area contributed by atoms with Crippen LogP contribution in [0.4, 0.5) is 0 Å². The molecule has 0 amide bonds. The molecule has 0 spiro atoms. The highest BCUT2D eigenvalue weighted by molar-refractivity contribution is 6.16. The Morgan fingerprint density at radius 2 is 0.824 bits per heavy atom. The third-order valence-electron chi connectivity index (χ3n) is 7.55. The van der Waals surface area contributed by atoms with E-state index < -0.39 is 0 Å². The van der Waals surface area contributed by atoms with Crippen molar-refractivity contribution in [2.45, 2.75) is 25.7 Å². The Bertz CT molecular complexity index is 1560. The standard InChI is InChI=1S/C32H22O2/c33-27-16-14-26-30(24-12-10-20-6-2-4-8-22(20)18-24)32-25(13-15-28(32)34)29(31(26)27)23-11-9-19-5-1-3-7-21(19)17-23/h1-12,17-18H,13-16H2. The van der Waals surface area contributed by atoms with E-state index in [1.165, 1.54) is 10.8 Å². The molecule has 0 fully saturated rings. The van der Waals surface area contributed by atoms with Gasteiger partial charge in [-0.25, -0.2) is 0 Å². The topological polar surface area (TPSA) is 34.1 Å². The second-order valence-corrected chi connectivity index (χ2v) is 9.43. The maximum absolute atomic E-state index is 13.3. The fourth-order valence-electron chi connectivity index (χ4n) is 6.02. The van der Waals surface area contributed by atoms with Crippen molar-refractivity contribution in [3.05, 3.63) is 107 Å². The average Bonchev–Trinajstić information content (AvgIpc) is 3.45. The van der Waals surface area contributed by atoms with Gasteiger partial charge in [0.1, 0.15) is 0 Å². The van der Waals surface area contributed by atoms with Gasteiger partial charge in [-0.05, 0) is 79.9 Å². The molecule has 0 atom stereocenters. The van der Waals surface area contributed by atoms with Crippen molar-refractivity contribution in [2.75, 3.05) is 0 Å². The Hall–Kier alpha value is -4.04. The van der Waals surface area contributed by atoms with Gasteiger partial charge < -0.3 is 0 Å². The summed E-state index contributed by atoms with van der Waals surface area (Å²) in [7, 11) is 0. The van der Waals surface area contributed by atoms with E-state index in [0.29, 0.717) is 25.7 Å². The van der Waals surface area contributed by atoms with Crippen LogP contribution in [-0.2, 0) is 12.8 Å². The van der Waals surface area contributed by atoms with Crippen LogP contribution in [0.5, 0.6) is 0 Å². The van der Waals surface area contributed by atoms with E-state index in [-0.39, 0.29) is 11.6 Å². The molecule has 2 aliphatic rings. The molecule has 2 aliphatic carbocycles. The summed E-state index contributed by atoms with van der Waals surface area (Å²) in [5.74, 6) is 0.393.